The first-order chi connectivity index (χ1) is 15.7. The van der Waals surface area contributed by atoms with E-state index >= 15 is 0 Å². The molecule has 7 heteroatoms. The largest absolute Gasteiger partial charge is 0.444 e. The normalized spacial score (nSPS) is 19.0. The maximum absolute atomic E-state index is 13.6. The molecule has 1 fully saturated rings. The summed E-state index contributed by atoms with van der Waals surface area (Å²) < 4.78 is 5.58. The summed E-state index contributed by atoms with van der Waals surface area (Å²) in [6, 6.07) is 17.7. The number of hydrogen-bond acceptors (Lipinski definition) is 4. The summed E-state index contributed by atoms with van der Waals surface area (Å²) >= 11 is 0. The molecule has 0 unspecified atom stereocenters. The number of nitrogens with zero attached hydrogens (tertiary/aromatic N) is 1. The zero-order chi connectivity index (χ0) is 24.0. The van der Waals surface area contributed by atoms with Crippen molar-refractivity contribution in [2.75, 3.05) is 13.6 Å². The van der Waals surface area contributed by atoms with Gasteiger partial charge in [0.05, 0.1) is 0 Å². The van der Waals surface area contributed by atoms with Gasteiger partial charge in [0.2, 0.25) is 11.8 Å². The summed E-state index contributed by atoms with van der Waals surface area (Å²) in [6.07, 6.45) is 0.451. The quantitative estimate of drug-likeness (QED) is 0.706. The number of rotatable bonds is 6. The molecule has 0 aliphatic carbocycles. The summed E-state index contributed by atoms with van der Waals surface area (Å²) in [6.45, 7) is 5.79. The molecule has 2 N–H and O–H groups in total. The van der Waals surface area contributed by atoms with E-state index in [1.807, 2.05) is 60.7 Å². The van der Waals surface area contributed by atoms with Crippen LogP contribution in [0.25, 0.3) is 0 Å². The molecule has 1 heterocycles. The van der Waals surface area contributed by atoms with E-state index in [0.29, 0.717) is 19.4 Å². The minimum atomic E-state index is -0.773. The van der Waals surface area contributed by atoms with Crippen LogP contribution < -0.4 is 10.6 Å². The van der Waals surface area contributed by atoms with Crippen LogP contribution in [0.2, 0.25) is 0 Å². The molecule has 0 radical (unpaired) electrons. The first kappa shape index (κ1) is 24.3. The number of amides is 3. The van der Waals surface area contributed by atoms with Crippen molar-refractivity contribution in [2.24, 2.45) is 0 Å². The molecule has 1 saturated heterocycles. The van der Waals surface area contributed by atoms with Crippen LogP contribution in [-0.4, -0.2) is 54.1 Å². The van der Waals surface area contributed by atoms with Gasteiger partial charge in [0.1, 0.15) is 17.7 Å². The number of benzene rings is 2. The minimum Gasteiger partial charge on any atom is -0.444 e. The second-order valence-electron chi connectivity index (χ2n) is 9.29. The SMILES string of the molecule is CNC(=O)[C@@H](Cc1ccccc1)NC(=O)[C@@H]1[C@H](c2ccccc2)CCN1C(=O)OC(C)(C)C. The number of carbonyl (C=O) groups is 3. The average molecular weight is 452 g/mol. The van der Waals surface area contributed by atoms with Gasteiger partial charge in [0, 0.05) is 25.9 Å². The average Bonchev–Trinajstić information content (AvgIpc) is 3.24. The molecule has 0 saturated carbocycles. The van der Waals surface area contributed by atoms with E-state index < -0.39 is 23.8 Å². The van der Waals surface area contributed by atoms with Crippen molar-refractivity contribution in [1.82, 2.24) is 15.5 Å². The van der Waals surface area contributed by atoms with Gasteiger partial charge in [-0.2, -0.15) is 0 Å². The third kappa shape index (κ3) is 6.34. The van der Waals surface area contributed by atoms with E-state index in [9.17, 15) is 14.4 Å². The van der Waals surface area contributed by atoms with Gasteiger partial charge in [-0.25, -0.2) is 4.79 Å². The molecule has 1 aliphatic heterocycles. The van der Waals surface area contributed by atoms with Gasteiger partial charge >= 0.3 is 6.09 Å². The Balaban J connectivity index is 1.87. The van der Waals surface area contributed by atoms with Gasteiger partial charge in [-0.15, -0.1) is 0 Å². The lowest BCUT2D eigenvalue weighted by Gasteiger charge is -2.31. The number of carbonyl (C=O) groups excluding carboxylic acids is 3. The van der Waals surface area contributed by atoms with Crippen LogP contribution >= 0.6 is 0 Å². The lowest BCUT2D eigenvalue weighted by atomic mass is 9.91. The Hall–Kier alpha value is -3.35. The fraction of sp³-hybridized carbons (Fsp3) is 0.423. The van der Waals surface area contributed by atoms with E-state index in [4.69, 9.17) is 4.74 Å². The monoisotopic (exact) mass is 451 g/mol. The van der Waals surface area contributed by atoms with Crippen LogP contribution in [0.3, 0.4) is 0 Å². The molecule has 33 heavy (non-hydrogen) atoms. The first-order valence-corrected chi connectivity index (χ1v) is 11.3. The highest BCUT2D eigenvalue weighted by Gasteiger charge is 2.44. The summed E-state index contributed by atoms with van der Waals surface area (Å²) in [4.78, 5) is 40.6. The van der Waals surface area contributed by atoms with Gasteiger partial charge in [0.15, 0.2) is 0 Å². The third-order valence-electron chi connectivity index (χ3n) is 5.68. The maximum Gasteiger partial charge on any atom is 0.410 e. The maximum atomic E-state index is 13.6. The van der Waals surface area contributed by atoms with Crippen LogP contribution in [0.5, 0.6) is 0 Å². The molecule has 3 atom stereocenters. The van der Waals surface area contributed by atoms with Gasteiger partial charge in [-0.1, -0.05) is 60.7 Å². The Morgan fingerprint density at radius 3 is 2.21 bits per heavy atom. The highest BCUT2D eigenvalue weighted by molar-refractivity contribution is 5.92. The summed E-state index contributed by atoms with van der Waals surface area (Å²) in [5.41, 5.74) is 1.23. The molecule has 3 amide bonds. The van der Waals surface area contributed by atoms with Crippen LogP contribution in [-0.2, 0) is 20.7 Å². The van der Waals surface area contributed by atoms with E-state index in [2.05, 4.69) is 10.6 Å². The second-order valence-corrected chi connectivity index (χ2v) is 9.29. The second kappa shape index (κ2) is 10.5. The molecular weight excluding hydrogens is 418 g/mol. The highest BCUT2D eigenvalue weighted by Crippen LogP contribution is 2.34. The third-order valence-corrected chi connectivity index (χ3v) is 5.68. The molecule has 0 bridgehead atoms. The number of nitrogens with one attached hydrogen (secondary N) is 2. The lowest BCUT2D eigenvalue weighted by molar-refractivity contribution is -0.131. The standard InChI is InChI=1S/C26H33N3O4/c1-26(2,3)33-25(32)29-16-15-20(19-13-9-6-10-14-19)22(29)24(31)28-21(23(30)27-4)17-18-11-7-5-8-12-18/h5-14,20-22H,15-17H2,1-4H3,(H,27,30)(H,28,31)/t20-,21+,22-/m0/s1. The number of ether oxygens (including phenoxy) is 1. The molecule has 1 aliphatic rings. The van der Waals surface area contributed by atoms with Crippen molar-refractivity contribution in [3.63, 3.8) is 0 Å². The van der Waals surface area contributed by atoms with Crippen molar-refractivity contribution >= 4 is 17.9 Å². The first-order valence-electron chi connectivity index (χ1n) is 11.3. The van der Waals surface area contributed by atoms with Crippen molar-refractivity contribution in [2.45, 2.75) is 57.2 Å². The number of hydrogen-bond donors (Lipinski definition) is 2. The smallest absolute Gasteiger partial charge is 0.410 e. The molecule has 0 aromatic heterocycles. The Morgan fingerprint density at radius 2 is 1.64 bits per heavy atom. The molecular formula is C26H33N3O4. The Labute approximate surface area is 195 Å². The zero-order valence-corrected chi connectivity index (χ0v) is 19.7. The van der Waals surface area contributed by atoms with Crippen molar-refractivity contribution in [3.05, 3.63) is 71.8 Å². The number of likely N-dealkylation sites (N-methyl/N-ethyl adjacent to an activating group) is 1. The van der Waals surface area contributed by atoms with Crippen molar-refractivity contribution < 1.29 is 19.1 Å². The van der Waals surface area contributed by atoms with Crippen LogP contribution in [0.1, 0.15) is 44.2 Å². The summed E-state index contributed by atoms with van der Waals surface area (Å²) in [5, 5.41) is 5.54. The fourth-order valence-electron chi connectivity index (χ4n) is 4.18. The molecule has 7 nitrogen and oxygen atoms in total. The molecule has 176 valence electrons. The lowest BCUT2D eigenvalue weighted by Crippen LogP contribution is -2.55. The zero-order valence-electron chi connectivity index (χ0n) is 19.7. The predicted molar refractivity (Wildman–Crippen MR) is 127 cm³/mol. The minimum absolute atomic E-state index is 0.194. The van der Waals surface area contributed by atoms with Crippen molar-refractivity contribution in [3.8, 4) is 0 Å². The highest BCUT2D eigenvalue weighted by atomic mass is 16.6. The Bertz CT molecular complexity index is 957. The van der Waals surface area contributed by atoms with Crippen LogP contribution in [0, 0.1) is 0 Å². The predicted octanol–water partition coefficient (Wildman–Crippen LogP) is 3.25. The Morgan fingerprint density at radius 1 is 1.03 bits per heavy atom. The van der Waals surface area contributed by atoms with E-state index in [0.717, 1.165) is 11.1 Å². The molecule has 2 aromatic carbocycles. The fourth-order valence-corrected chi connectivity index (χ4v) is 4.18. The van der Waals surface area contributed by atoms with E-state index in [1.54, 1.807) is 27.8 Å². The van der Waals surface area contributed by atoms with Gasteiger partial charge < -0.3 is 15.4 Å². The van der Waals surface area contributed by atoms with Gasteiger partial charge in [0.25, 0.3) is 0 Å². The van der Waals surface area contributed by atoms with Gasteiger partial charge in [-0.05, 0) is 38.3 Å². The van der Waals surface area contributed by atoms with E-state index in [1.165, 1.54) is 4.90 Å². The molecule has 2 aromatic rings. The van der Waals surface area contributed by atoms with Crippen LogP contribution in [0.4, 0.5) is 4.79 Å². The molecule has 0 spiro atoms. The summed E-state index contributed by atoms with van der Waals surface area (Å²) in [5.74, 6) is -0.845. The van der Waals surface area contributed by atoms with Crippen molar-refractivity contribution in [1.29, 1.82) is 0 Å². The van der Waals surface area contributed by atoms with Gasteiger partial charge in [-0.3, -0.25) is 14.5 Å². The molecule has 3 rings (SSSR count). The Kier molecular flexibility index (Phi) is 7.74. The summed E-state index contributed by atoms with van der Waals surface area (Å²) in [7, 11) is 1.54. The van der Waals surface area contributed by atoms with E-state index in [-0.39, 0.29) is 17.7 Å². The topological polar surface area (TPSA) is 87.7 Å². The number of likely N-dealkylation sites (tertiary alicyclic amines) is 1. The van der Waals surface area contributed by atoms with Crippen LogP contribution in [0.15, 0.2) is 60.7 Å².